The Hall–Kier alpha value is -1.40. The molecule has 1 aliphatic rings. The second-order valence-electron chi connectivity index (χ2n) is 3.60. The van der Waals surface area contributed by atoms with Gasteiger partial charge in [-0.2, -0.15) is 0 Å². The number of aromatic carboxylic acids is 1. The number of nitrogens with zero attached hydrogens (tertiary/aromatic N) is 1. The van der Waals surface area contributed by atoms with Crippen molar-refractivity contribution in [2.45, 2.75) is 0 Å². The maximum Gasteiger partial charge on any atom is 0.335 e. The van der Waals surface area contributed by atoms with Gasteiger partial charge in [0.1, 0.15) is 6.61 Å². The Morgan fingerprint density at radius 3 is 2.82 bits per heavy atom. The number of halogens is 1. The number of carbonyl (C=O) groups excluding carboxylic acids is 1. The van der Waals surface area contributed by atoms with Crippen molar-refractivity contribution in [2.75, 3.05) is 24.7 Å². The van der Waals surface area contributed by atoms with Crippen LogP contribution in [0.15, 0.2) is 22.7 Å². The summed E-state index contributed by atoms with van der Waals surface area (Å²) in [5.74, 6) is -1.18. The van der Waals surface area contributed by atoms with Crippen molar-refractivity contribution in [1.29, 1.82) is 0 Å². The van der Waals surface area contributed by atoms with Gasteiger partial charge in [-0.1, -0.05) is 15.9 Å². The molecule has 0 radical (unpaired) electrons. The van der Waals surface area contributed by atoms with Gasteiger partial charge in [-0.15, -0.1) is 0 Å². The Bertz CT molecular complexity index is 475. The van der Waals surface area contributed by atoms with Crippen LogP contribution in [0, 0.1) is 0 Å². The molecule has 1 heterocycles. The van der Waals surface area contributed by atoms with Crippen LogP contribution in [0.25, 0.3) is 0 Å². The van der Waals surface area contributed by atoms with Crippen LogP contribution in [0.5, 0.6) is 0 Å². The number of benzene rings is 1. The van der Waals surface area contributed by atoms with Crippen LogP contribution in [-0.4, -0.2) is 36.7 Å². The van der Waals surface area contributed by atoms with E-state index in [0.29, 0.717) is 23.3 Å². The monoisotopic (exact) mass is 299 g/mol. The van der Waals surface area contributed by atoms with Crippen LogP contribution in [0.1, 0.15) is 10.4 Å². The first-order valence-corrected chi connectivity index (χ1v) is 5.79. The van der Waals surface area contributed by atoms with Gasteiger partial charge < -0.3 is 14.7 Å². The van der Waals surface area contributed by atoms with E-state index >= 15 is 0 Å². The maximum atomic E-state index is 11.6. The molecule has 90 valence electrons. The summed E-state index contributed by atoms with van der Waals surface area (Å²) < 4.78 is 5.65. The molecule has 1 aromatic carbocycles. The van der Waals surface area contributed by atoms with Crippen molar-refractivity contribution in [3.63, 3.8) is 0 Å². The van der Waals surface area contributed by atoms with Crippen molar-refractivity contribution in [3.05, 3.63) is 28.2 Å². The largest absolute Gasteiger partial charge is 0.478 e. The normalized spacial score (nSPS) is 16.1. The summed E-state index contributed by atoms with van der Waals surface area (Å²) >= 11 is 3.24. The van der Waals surface area contributed by atoms with E-state index in [9.17, 15) is 9.59 Å². The zero-order chi connectivity index (χ0) is 12.4. The van der Waals surface area contributed by atoms with Gasteiger partial charge >= 0.3 is 5.97 Å². The third kappa shape index (κ3) is 2.65. The van der Waals surface area contributed by atoms with Crippen molar-refractivity contribution in [2.24, 2.45) is 0 Å². The maximum absolute atomic E-state index is 11.6. The molecule has 0 spiro atoms. The molecule has 17 heavy (non-hydrogen) atoms. The predicted molar refractivity (Wildman–Crippen MR) is 64.3 cm³/mol. The Kier molecular flexibility index (Phi) is 3.44. The Morgan fingerprint density at radius 1 is 1.41 bits per heavy atom. The molecule has 0 saturated carbocycles. The minimum Gasteiger partial charge on any atom is -0.478 e. The second kappa shape index (κ2) is 4.85. The van der Waals surface area contributed by atoms with Crippen molar-refractivity contribution in [3.8, 4) is 0 Å². The summed E-state index contributed by atoms with van der Waals surface area (Å²) in [5, 5.41) is 8.95. The van der Waals surface area contributed by atoms with Crippen molar-refractivity contribution < 1.29 is 19.4 Å². The molecule has 6 heteroatoms. The third-order valence-electron chi connectivity index (χ3n) is 2.43. The minimum absolute atomic E-state index is 0.0366. The molecule has 1 saturated heterocycles. The van der Waals surface area contributed by atoms with E-state index in [0.717, 1.165) is 0 Å². The number of carbonyl (C=O) groups is 2. The highest BCUT2D eigenvalue weighted by Crippen LogP contribution is 2.24. The van der Waals surface area contributed by atoms with Gasteiger partial charge in [-0.05, 0) is 18.2 Å². The summed E-state index contributed by atoms with van der Waals surface area (Å²) in [5.41, 5.74) is 0.721. The van der Waals surface area contributed by atoms with Gasteiger partial charge in [-0.3, -0.25) is 4.79 Å². The zero-order valence-corrected chi connectivity index (χ0v) is 10.4. The van der Waals surface area contributed by atoms with Gasteiger partial charge in [-0.25, -0.2) is 4.79 Å². The second-order valence-corrected chi connectivity index (χ2v) is 4.52. The number of anilines is 1. The first-order valence-electron chi connectivity index (χ1n) is 5.00. The number of amides is 1. The van der Waals surface area contributed by atoms with E-state index in [1.807, 2.05) is 0 Å². The molecule has 0 atom stereocenters. The molecule has 0 aromatic heterocycles. The lowest BCUT2D eigenvalue weighted by Gasteiger charge is -2.27. The summed E-state index contributed by atoms with van der Waals surface area (Å²) in [7, 11) is 0. The molecule has 0 aliphatic carbocycles. The van der Waals surface area contributed by atoms with Crippen LogP contribution in [0.3, 0.4) is 0 Å². The first kappa shape index (κ1) is 12.1. The summed E-state index contributed by atoms with van der Waals surface area (Å²) in [4.78, 5) is 24.1. The minimum atomic E-state index is -1.02. The Labute approximate surface area is 106 Å². The highest BCUT2D eigenvalue weighted by Gasteiger charge is 2.21. The lowest BCUT2D eigenvalue weighted by molar-refractivity contribution is -0.125. The molecule has 2 rings (SSSR count). The summed E-state index contributed by atoms with van der Waals surface area (Å²) in [6.45, 7) is 0.934. The van der Waals surface area contributed by atoms with Crippen LogP contribution in [0.2, 0.25) is 0 Å². The van der Waals surface area contributed by atoms with E-state index in [-0.39, 0.29) is 18.1 Å². The molecular weight excluding hydrogens is 290 g/mol. The highest BCUT2D eigenvalue weighted by molar-refractivity contribution is 9.10. The highest BCUT2D eigenvalue weighted by atomic mass is 79.9. The van der Waals surface area contributed by atoms with Crippen molar-refractivity contribution in [1.82, 2.24) is 0 Å². The summed E-state index contributed by atoms with van der Waals surface area (Å²) in [6.07, 6.45) is 0. The lowest BCUT2D eigenvalue weighted by atomic mass is 10.2. The van der Waals surface area contributed by atoms with Crippen LogP contribution in [-0.2, 0) is 9.53 Å². The Balaban J connectivity index is 2.37. The fourth-order valence-corrected chi connectivity index (χ4v) is 2.13. The predicted octanol–water partition coefficient (Wildman–Crippen LogP) is 1.51. The van der Waals surface area contributed by atoms with Crippen LogP contribution >= 0.6 is 15.9 Å². The Morgan fingerprint density at radius 2 is 2.18 bits per heavy atom. The van der Waals surface area contributed by atoms with Crippen molar-refractivity contribution >= 4 is 33.5 Å². The molecule has 0 unspecified atom stereocenters. The van der Waals surface area contributed by atoms with Gasteiger partial charge in [0, 0.05) is 16.7 Å². The van der Waals surface area contributed by atoms with E-state index < -0.39 is 5.97 Å². The molecular formula is C11H10BrNO4. The number of carboxylic acid groups (broad SMARTS) is 1. The molecule has 5 nitrogen and oxygen atoms in total. The molecule has 1 N–H and O–H groups in total. The molecule has 1 amide bonds. The number of ether oxygens (including phenoxy) is 1. The van der Waals surface area contributed by atoms with E-state index in [1.54, 1.807) is 6.07 Å². The smallest absolute Gasteiger partial charge is 0.335 e. The quantitative estimate of drug-likeness (QED) is 0.899. The number of rotatable bonds is 2. The van der Waals surface area contributed by atoms with Gasteiger partial charge in [0.2, 0.25) is 0 Å². The third-order valence-corrected chi connectivity index (χ3v) is 2.88. The number of hydrogen-bond acceptors (Lipinski definition) is 3. The van der Waals surface area contributed by atoms with E-state index in [1.165, 1.54) is 17.0 Å². The fraction of sp³-hybridized carbons (Fsp3) is 0.273. The SMILES string of the molecule is O=C(O)c1cc(Br)cc(N2CCOCC2=O)c1. The first-order chi connectivity index (χ1) is 8.08. The van der Waals surface area contributed by atoms with Crippen LogP contribution in [0.4, 0.5) is 5.69 Å². The molecule has 0 bridgehead atoms. The standard InChI is InChI=1S/C11H10BrNO4/c12-8-3-7(11(15)16)4-9(5-8)13-1-2-17-6-10(13)14/h3-5H,1-2,6H2,(H,15,16). The van der Waals surface area contributed by atoms with Crippen LogP contribution < -0.4 is 4.90 Å². The van der Waals surface area contributed by atoms with E-state index in [2.05, 4.69) is 15.9 Å². The van der Waals surface area contributed by atoms with Gasteiger partial charge in [0.15, 0.2) is 0 Å². The average Bonchev–Trinajstić information content (AvgIpc) is 2.28. The average molecular weight is 300 g/mol. The van der Waals surface area contributed by atoms with Gasteiger partial charge in [0.25, 0.3) is 5.91 Å². The van der Waals surface area contributed by atoms with Gasteiger partial charge in [0.05, 0.1) is 12.2 Å². The molecule has 1 fully saturated rings. The number of morpholine rings is 1. The molecule has 1 aliphatic heterocycles. The topological polar surface area (TPSA) is 66.8 Å². The fourth-order valence-electron chi connectivity index (χ4n) is 1.64. The lowest BCUT2D eigenvalue weighted by Crippen LogP contribution is -2.41. The summed E-state index contributed by atoms with van der Waals surface area (Å²) in [6, 6.07) is 4.70. The molecule has 1 aromatic rings. The van der Waals surface area contributed by atoms with E-state index in [4.69, 9.17) is 9.84 Å². The zero-order valence-electron chi connectivity index (χ0n) is 8.85. The number of hydrogen-bond donors (Lipinski definition) is 1. The number of carboxylic acids is 1.